The fraction of sp³-hybridized carbons (Fsp3) is 0.100. The minimum atomic E-state index is -0.538. The first-order valence-electron chi connectivity index (χ1n) is 8.49. The number of carbonyl (C=O) groups is 1. The summed E-state index contributed by atoms with van der Waals surface area (Å²) >= 11 is 0. The third kappa shape index (κ3) is 3.27. The quantitative estimate of drug-likeness (QED) is 0.589. The first-order chi connectivity index (χ1) is 13.5. The zero-order valence-electron chi connectivity index (χ0n) is 14.8. The van der Waals surface area contributed by atoms with Gasteiger partial charge >= 0.3 is 0 Å². The summed E-state index contributed by atoms with van der Waals surface area (Å²) in [6.07, 6.45) is 1.20. The monoisotopic (exact) mass is 378 g/mol. The molecule has 4 aromatic rings. The van der Waals surface area contributed by atoms with Crippen LogP contribution in [0.25, 0.3) is 22.4 Å². The summed E-state index contributed by atoms with van der Waals surface area (Å²) < 4.78 is 20.3. The van der Waals surface area contributed by atoms with E-state index < -0.39 is 17.3 Å². The van der Waals surface area contributed by atoms with Gasteiger partial charge in [0.2, 0.25) is 5.91 Å². The van der Waals surface area contributed by atoms with Gasteiger partial charge in [-0.1, -0.05) is 35.0 Å². The molecule has 140 valence electrons. The number of hydrogen-bond acceptors (Lipinski definition) is 5. The summed E-state index contributed by atoms with van der Waals surface area (Å²) in [5, 5.41) is 6.53. The predicted molar refractivity (Wildman–Crippen MR) is 101 cm³/mol. The summed E-state index contributed by atoms with van der Waals surface area (Å²) in [6, 6.07) is 13.2. The minimum Gasteiger partial charge on any atom is -0.335 e. The molecule has 2 aromatic heterocycles. The summed E-state index contributed by atoms with van der Waals surface area (Å²) in [5.41, 5.74) is 1.31. The molecule has 2 heterocycles. The normalized spacial score (nSPS) is 10.9. The van der Waals surface area contributed by atoms with Gasteiger partial charge < -0.3 is 9.84 Å². The number of aryl methyl sites for hydroxylation is 1. The van der Waals surface area contributed by atoms with Gasteiger partial charge in [0.25, 0.3) is 11.3 Å². The zero-order chi connectivity index (χ0) is 19.7. The molecule has 0 aliphatic rings. The van der Waals surface area contributed by atoms with E-state index in [1.54, 1.807) is 18.2 Å². The molecule has 0 aliphatic heterocycles. The van der Waals surface area contributed by atoms with Gasteiger partial charge in [-0.25, -0.2) is 9.37 Å². The summed E-state index contributed by atoms with van der Waals surface area (Å²) in [4.78, 5) is 29.2. The van der Waals surface area contributed by atoms with E-state index in [0.717, 1.165) is 10.1 Å². The number of aromatic nitrogens is 3. The lowest BCUT2D eigenvalue weighted by Gasteiger charge is -2.07. The van der Waals surface area contributed by atoms with E-state index in [2.05, 4.69) is 15.5 Å². The molecule has 0 spiro atoms. The Kier molecular flexibility index (Phi) is 4.44. The smallest absolute Gasteiger partial charge is 0.267 e. The van der Waals surface area contributed by atoms with Crippen molar-refractivity contribution in [3.63, 3.8) is 0 Å². The minimum absolute atomic E-state index is 0.0153. The molecule has 1 amide bonds. The highest BCUT2D eigenvalue weighted by molar-refractivity contribution is 5.91. The van der Waals surface area contributed by atoms with Crippen LogP contribution in [0, 0.1) is 12.7 Å². The Hall–Kier alpha value is -3.81. The molecule has 8 heteroatoms. The molecule has 0 bridgehead atoms. The van der Waals surface area contributed by atoms with Gasteiger partial charge in [0, 0.05) is 11.3 Å². The standard InChI is InChI=1S/C20H15FN4O3/c1-12-6-8-13(9-7-12)23-16(26)10-25-11-22-19-17(20(25)27)18(24-28-19)14-4-2-3-5-15(14)21/h2-9,11H,10H2,1H3,(H,23,26). The van der Waals surface area contributed by atoms with Crippen LogP contribution in [-0.4, -0.2) is 20.6 Å². The van der Waals surface area contributed by atoms with Gasteiger partial charge in [0.15, 0.2) is 0 Å². The highest BCUT2D eigenvalue weighted by atomic mass is 19.1. The van der Waals surface area contributed by atoms with E-state index in [9.17, 15) is 14.0 Å². The number of halogens is 1. The van der Waals surface area contributed by atoms with Crippen LogP contribution in [0.2, 0.25) is 0 Å². The van der Waals surface area contributed by atoms with Gasteiger partial charge in [-0.2, -0.15) is 0 Å². The van der Waals surface area contributed by atoms with Crippen molar-refractivity contribution in [1.29, 1.82) is 0 Å². The van der Waals surface area contributed by atoms with Crippen LogP contribution >= 0.6 is 0 Å². The van der Waals surface area contributed by atoms with Gasteiger partial charge in [-0.15, -0.1) is 0 Å². The Balaban J connectivity index is 1.67. The Bertz CT molecular complexity index is 1230. The fourth-order valence-corrected chi connectivity index (χ4v) is 2.82. The average Bonchev–Trinajstić information content (AvgIpc) is 3.11. The van der Waals surface area contributed by atoms with E-state index >= 15 is 0 Å². The van der Waals surface area contributed by atoms with Crippen LogP contribution in [0.1, 0.15) is 5.56 Å². The second-order valence-electron chi connectivity index (χ2n) is 6.28. The first-order valence-corrected chi connectivity index (χ1v) is 8.49. The summed E-state index contributed by atoms with van der Waals surface area (Å²) in [7, 11) is 0. The molecule has 2 aromatic carbocycles. The number of amides is 1. The maximum absolute atomic E-state index is 14.1. The van der Waals surface area contributed by atoms with E-state index in [1.165, 1.54) is 24.5 Å². The van der Waals surface area contributed by atoms with E-state index in [1.807, 2.05) is 19.1 Å². The van der Waals surface area contributed by atoms with Gasteiger partial charge in [-0.05, 0) is 31.2 Å². The molecule has 7 nitrogen and oxygen atoms in total. The first kappa shape index (κ1) is 17.6. The molecule has 0 atom stereocenters. The number of benzene rings is 2. The topological polar surface area (TPSA) is 90.0 Å². The van der Waals surface area contributed by atoms with Crippen molar-refractivity contribution in [1.82, 2.24) is 14.7 Å². The molecule has 0 unspecified atom stereocenters. The molecule has 4 rings (SSSR count). The van der Waals surface area contributed by atoms with Crippen molar-refractivity contribution in [3.05, 3.63) is 76.6 Å². The Morgan fingerprint density at radius 2 is 1.93 bits per heavy atom. The highest BCUT2D eigenvalue weighted by Crippen LogP contribution is 2.26. The van der Waals surface area contributed by atoms with Crippen LogP contribution in [0.4, 0.5) is 10.1 Å². The van der Waals surface area contributed by atoms with Gasteiger partial charge in [0.05, 0.1) is 0 Å². The zero-order valence-corrected chi connectivity index (χ0v) is 14.8. The third-order valence-electron chi connectivity index (χ3n) is 4.24. The SMILES string of the molecule is Cc1ccc(NC(=O)Cn2cnc3onc(-c4ccccc4F)c3c2=O)cc1. The number of fused-ring (bicyclic) bond motifs is 1. The van der Waals surface area contributed by atoms with Crippen molar-refractivity contribution in [3.8, 4) is 11.3 Å². The largest absolute Gasteiger partial charge is 0.335 e. The van der Waals surface area contributed by atoms with Crippen molar-refractivity contribution >= 4 is 22.7 Å². The van der Waals surface area contributed by atoms with Gasteiger partial charge in [-0.3, -0.25) is 14.2 Å². The summed E-state index contributed by atoms with van der Waals surface area (Å²) in [6.45, 7) is 1.69. The molecule has 0 saturated carbocycles. The molecule has 0 radical (unpaired) electrons. The van der Waals surface area contributed by atoms with Crippen molar-refractivity contribution < 1.29 is 13.7 Å². The number of nitrogens with one attached hydrogen (secondary N) is 1. The van der Waals surface area contributed by atoms with E-state index in [-0.39, 0.29) is 28.9 Å². The van der Waals surface area contributed by atoms with Crippen LogP contribution in [0.15, 0.2) is 64.2 Å². The second-order valence-corrected chi connectivity index (χ2v) is 6.28. The lowest BCUT2D eigenvalue weighted by atomic mass is 10.1. The van der Waals surface area contributed by atoms with E-state index in [4.69, 9.17) is 4.52 Å². The lowest BCUT2D eigenvalue weighted by Crippen LogP contribution is -2.27. The van der Waals surface area contributed by atoms with Gasteiger partial charge in [0.1, 0.15) is 29.8 Å². The summed E-state index contributed by atoms with van der Waals surface area (Å²) in [5.74, 6) is -0.930. The van der Waals surface area contributed by atoms with Crippen molar-refractivity contribution in [2.24, 2.45) is 0 Å². The number of nitrogens with zero attached hydrogens (tertiary/aromatic N) is 3. The Morgan fingerprint density at radius 1 is 1.18 bits per heavy atom. The Labute approximate surface area is 158 Å². The molecular weight excluding hydrogens is 363 g/mol. The maximum Gasteiger partial charge on any atom is 0.267 e. The lowest BCUT2D eigenvalue weighted by molar-refractivity contribution is -0.116. The highest BCUT2D eigenvalue weighted by Gasteiger charge is 2.20. The molecule has 0 saturated heterocycles. The predicted octanol–water partition coefficient (Wildman–Crippen LogP) is 3.14. The number of hydrogen-bond donors (Lipinski definition) is 1. The molecule has 0 aliphatic carbocycles. The molecule has 0 fully saturated rings. The average molecular weight is 378 g/mol. The molecular formula is C20H15FN4O3. The molecule has 28 heavy (non-hydrogen) atoms. The fourth-order valence-electron chi connectivity index (χ4n) is 2.82. The second kappa shape index (κ2) is 7.07. The number of rotatable bonds is 4. The van der Waals surface area contributed by atoms with Crippen LogP contribution in [-0.2, 0) is 11.3 Å². The van der Waals surface area contributed by atoms with Crippen LogP contribution < -0.4 is 10.9 Å². The van der Waals surface area contributed by atoms with Crippen LogP contribution in [0.5, 0.6) is 0 Å². The Morgan fingerprint density at radius 3 is 2.68 bits per heavy atom. The maximum atomic E-state index is 14.1. The molecule has 1 N–H and O–H groups in total. The third-order valence-corrected chi connectivity index (χ3v) is 4.24. The van der Waals surface area contributed by atoms with Crippen molar-refractivity contribution in [2.75, 3.05) is 5.32 Å². The number of anilines is 1. The van der Waals surface area contributed by atoms with Crippen molar-refractivity contribution in [2.45, 2.75) is 13.5 Å². The van der Waals surface area contributed by atoms with E-state index in [0.29, 0.717) is 5.69 Å². The van der Waals surface area contributed by atoms with Crippen LogP contribution in [0.3, 0.4) is 0 Å². The number of carbonyl (C=O) groups excluding carboxylic acids is 1.